The van der Waals surface area contributed by atoms with E-state index in [1.807, 2.05) is 48.9 Å². The first-order valence-electron chi connectivity index (χ1n) is 8.09. The third kappa shape index (κ3) is 3.41. The molecule has 0 aliphatic rings. The normalized spacial score (nSPS) is 12.2. The molecule has 1 unspecified atom stereocenters. The number of rotatable bonds is 6. The molecule has 7 heteroatoms. The van der Waals surface area contributed by atoms with Crippen LogP contribution in [0.15, 0.2) is 36.4 Å². The second-order valence-electron chi connectivity index (χ2n) is 5.82. The Labute approximate surface area is 149 Å². The molecule has 25 heavy (non-hydrogen) atoms. The van der Waals surface area contributed by atoms with Gasteiger partial charge in [-0.05, 0) is 31.5 Å². The van der Waals surface area contributed by atoms with E-state index in [0.717, 1.165) is 21.6 Å². The number of nitrogens with zero attached hydrogens (tertiary/aromatic N) is 2. The number of aromatic nitrogens is 2. The molecule has 2 aromatic heterocycles. The van der Waals surface area contributed by atoms with Crippen LogP contribution >= 0.6 is 11.3 Å². The minimum Gasteiger partial charge on any atom is -0.480 e. The van der Waals surface area contributed by atoms with Gasteiger partial charge in [0.15, 0.2) is 0 Å². The fourth-order valence-corrected chi connectivity index (χ4v) is 3.76. The molecule has 0 aliphatic heterocycles. The number of carboxylic acids is 1. The maximum Gasteiger partial charge on any atom is 0.326 e. The number of carbonyl (C=O) groups excluding carboxylic acids is 1. The number of benzene rings is 1. The first-order valence-corrected chi connectivity index (χ1v) is 8.91. The Balaban J connectivity index is 1.94. The van der Waals surface area contributed by atoms with Crippen molar-refractivity contribution in [3.8, 4) is 5.69 Å². The van der Waals surface area contributed by atoms with Crippen molar-refractivity contribution in [3.63, 3.8) is 0 Å². The molecule has 0 fully saturated rings. The zero-order valence-electron chi connectivity index (χ0n) is 14.0. The van der Waals surface area contributed by atoms with E-state index in [1.54, 1.807) is 6.07 Å². The highest BCUT2D eigenvalue weighted by Gasteiger charge is 2.22. The molecule has 0 saturated carbocycles. The molecule has 0 radical (unpaired) electrons. The zero-order chi connectivity index (χ0) is 18.0. The summed E-state index contributed by atoms with van der Waals surface area (Å²) >= 11 is 1.31. The fourth-order valence-electron chi connectivity index (χ4n) is 2.68. The highest BCUT2D eigenvalue weighted by atomic mass is 32.1. The largest absolute Gasteiger partial charge is 0.480 e. The molecule has 1 atom stereocenters. The number of carbonyl (C=O) groups is 2. The summed E-state index contributed by atoms with van der Waals surface area (Å²) in [5.74, 6) is -1.37. The van der Waals surface area contributed by atoms with Crippen LogP contribution in [0.3, 0.4) is 0 Å². The van der Waals surface area contributed by atoms with Crippen LogP contribution in [0.4, 0.5) is 0 Å². The number of carboxylic acid groups (broad SMARTS) is 1. The van der Waals surface area contributed by atoms with Crippen molar-refractivity contribution in [1.29, 1.82) is 0 Å². The molecule has 1 aromatic carbocycles. The minimum atomic E-state index is -1.01. The van der Waals surface area contributed by atoms with E-state index >= 15 is 0 Å². The van der Waals surface area contributed by atoms with Gasteiger partial charge in [-0.15, -0.1) is 11.3 Å². The lowest BCUT2D eigenvalue weighted by Gasteiger charge is -2.12. The van der Waals surface area contributed by atoms with Gasteiger partial charge in [0.25, 0.3) is 5.91 Å². The topological polar surface area (TPSA) is 84.2 Å². The predicted octanol–water partition coefficient (Wildman–Crippen LogP) is 3.38. The van der Waals surface area contributed by atoms with E-state index in [4.69, 9.17) is 0 Å². The fraction of sp³-hybridized carbons (Fsp3) is 0.278. The van der Waals surface area contributed by atoms with E-state index in [9.17, 15) is 14.7 Å². The van der Waals surface area contributed by atoms with Crippen molar-refractivity contribution >= 4 is 33.4 Å². The lowest BCUT2D eigenvalue weighted by molar-refractivity contribution is -0.139. The van der Waals surface area contributed by atoms with Crippen LogP contribution in [0.25, 0.3) is 15.9 Å². The summed E-state index contributed by atoms with van der Waals surface area (Å²) in [7, 11) is 0. The van der Waals surface area contributed by atoms with Gasteiger partial charge in [0.05, 0.1) is 16.3 Å². The summed E-state index contributed by atoms with van der Waals surface area (Å²) < 4.78 is 1.81. The van der Waals surface area contributed by atoms with Crippen LogP contribution in [-0.2, 0) is 4.79 Å². The van der Waals surface area contributed by atoms with Gasteiger partial charge in [-0.2, -0.15) is 5.10 Å². The highest BCUT2D eigenvalue weighted by molar-refractivity contribution is 7.20. The van der Waals surface area contributed by atoms with Crippen LogP contribution in [0.2, 0.25) is 0 Å². The third-order valence-electron chi connectivity index (χ3n) is 3.95. The van der Waals surface area contributed by atoms with Crippen molar-refractivity contribution < 1.29 is 14.7 Å². The van der Waals surface area contributed by atoms with E-state index in [2.05, 4.69) is 10.4 Å². The van der Waals surface area contributed by atoms with Gasteiger partial charge in [0.2, 0.25) is 0 Å². The Hall–Kier alpha value is -2.67. The summed E-state index contributed by atoms with van der Waals surface area (Å²) in [5.41, 5.74) is 1.75. The summed E-state index contributed by atoms with van der Waals surface area (Å²) in [6, 6.07) is 10.6. The molecule has 2 N–H and O–H groups in total. The number of aliphatic carboxylic acids is 1. The lowest BCUT2D eigenvalue weighted by atomic mass is 10.1. The molecule has 0 spiro atoms. The Bertz CT molecular complexity index is 914. The Morgan fingerprint density at radius 3 is 2.68 bits per heavy atom. The Morgan fingerprint density at radius 2 is 2.04 bits per heavy atom. The van der Waals surface area contributed by atoms with Gasteiger partial charge in [-0.1, -0.05) is 31.5 Å². The number of nitrogens with one attached hydrogen (secondary N) is 1. The van der Waals surface area contributed by atoms with Crippen molar-refractivity contribution in [2.45, 2.75) is 32.7 Å². The Morgan fingerprint density at radius 1 is 1.32 bits per heavy atom. The van der Waals surface area contributed by atoms with E-state index in [0.29, 0.717) is 17.7 Å². The number of fused-ring (bicyclic) bond motifs is 1. The highest BCUT2D eigenvalue weighted by Crippen LogP contribution is 2.30. The summed E-state index contributed by atoms with van der Waals surface area (Å²) in [6.07, 6.45) is 1.09. The van der Waals surface area contributed by atoms with Crippen molar-refractivity contribution in [2.75, 3.05) is 0 Å². The summed E-state index contributed by atoms with van der Waals surface area (Å²) in [6.45, 7) is 3.78. The number of para-hydroxylation sites is 1. The lowest BCUT2D eigenvalue weighted by Crippen LogP contribution is -2.40. The van der Waals surface area contributed by atoms with Crippen molar-refractivity contribution in [3.05, 3.63) is 47.0 Å². The maximum absolute atomic E-state index is 12.5. The molecular weight excluding hydrogens is 338 g/mol. The number of thiophene rings is 1. The molecule has 6 nitrogen and oxygen atoms in total. The number of hydrogen-bond acceptors (Lipinski definition) is 4. The Kier molecular flexibility index (Phi) is 4.85. The van der Waals surface area contributed by atoms with Gasteiger partial charge < -0.3 is 10.4 Å². The molecule has 3 aromatic rings. The van der Waals surface area contributed by atoms with Crippen LogP contribution in [0, 0.1) is 6.92 Å². The van der Waals surface area contributed by atoms with Gasteiger partial charge in [-0.25, -0.2) is 9.48 Å². The standard InChI is InChI=1S/C18H19N3O3S/c1-3-7-14(18(23)24)19-16(22)15-10-13-11(2)20-21(17(13)25-15)12-8-5-4-6-9-12/h4-6,8-10,14H,3,7H2,1-2H3,(H,19,22)(H,23,24). The van der Waals surface area contributed by atoms with Crippen LogP contribution < -0.4 is 5.32 Å². The molecule has 0 saturated heterocycles. The molecule has 0 aliphatic carbocycles. The minimum absolute atomic E-state index is 0.360. The average molecular weight is 357 g/mol. The van der Waals surface area contributed by atoms with E-state index in [-0.39, 0.29) is 5.91 Å². The van der Waals surface area contributed by atoms with Gasteiger partial charge in [-0.3, -0.25) is 4.79 Å². The number of aryl methyl sites for hydroxylation is 1. The summed E-state index contributed by atoms with van der Waals surface area (Å²) in [5, 5.41) is 17.3. The first kappa shape index (κ1) is 17.2. The number of amides is 1. The van der Waals surface area contributed by atoms with Crippen LogP contribution in [0.5, 0.6) is 0 Å². The second-order valence-corrected chi connectivity index (χ2v) is 6.85. The SMILES string of the molecule is CCCC(NC(=O)c1cc2c(C)nn(-c3ccccc3)c2s1)C(=O)O. The molecule has 1 amide bonds. The first-order chi connectivity index (χ1) is 12.0. The van der Waals surface area contributed by atoms with E-state index < -0.39 is 12.0 Å². The van der Waals surface area contributed by atoms with Crippen LogP contribution in [-0.4, -0.2) is 32.8 Å². The van der Waals surface area contributed by atoms with Crippen molar-refractivity contribution in [2.24, 2.45) is 0 Å². The third-order valence-corrected chi connectivity index (χ3v) is 5.06. The molecule has 2 heterocycles. The quantitative estimate of drug-likeness (QED) is 0.708. The molecule has 130 valence electrons. The molecule has 3 rings (SSSR count). The molecule has 0 bridgehead atoms. The van der Waals surface area contributed by atoms with Gasteiger partial charge in [0, 0.05) is 5.39 Å². The van der Waals surface area contributed by atoms with E-state index in [1.165, 1.54) is 11.3 Å². The smallest absolute Gasteiger partial charge is 0.326 e. The average Bonchev–Trinajstić information content (AvgIpc) is 3.16. The number of hydrogen-bond donors (Lipinski definition) is 2. The zero-order valence-corrected chi connectivity index (χ0v) is 14.8. The van der Waals surface area contributed by atoms with Gasteiger partial charge in [0.1, 0.15) is 10.9 Å². The second kappa shape index (κ2) is 7.06. The predicted molar refractivity (Wildman–Crippen MR) is 97.5 cm³/mol. The molecular formula is C18H19N3O3S. The maximum atomic E-state index is 12.5. The van der Waals surface area contributed by atoms with Gasteiger partial charge >= 0.3 is 5.97 Å². The monoisotopic (exact) mass is 357 g/mol. The van der Waals surface area contributed by atoms with Crippen LogP contribution in [0.1, 0.15) is 35.1 Å². The summed E-state index contributed by atoms with van der Waals surface area (Å²) in [4.78, 5) is 25.1. The van der Waals surface area contributed by atoms with Crippen molar-refractivity contribution in [1.82, 2.24) is 15.1 Å².